The lowest BCUT2D eigenvalue weighted by molar-refractivity contribution is -0.133. The fraction of sp³-hybridized carbons (Fsp3) is 0.229. The summed E-state index contributed by atoms with van der Waals surface area (Å²) in [6, 6.07) is 26.0. The van der Waals surface area contributed by atoms with Gasteiger partial charge in [0.05, 0.1) is 11.5 Å². The molecular weight excluding hydrogens is 562 g/mol. The van der Waals surface area contributed by atoms with Crippen LogP contribution in [-0.2, 0) is 11.3 Å². The molecule has 5 rings (SSSR count). The molecule has 1 heterocycles. The van der Waals surface area contributed by atoms with Gasteiger partial charge in [-0.05, 0) is 66.1 Å². The highest BCUT2D eigenvalue weighted by molar-refractivity contribution is 6.06. The second-order valence-corrected chi connectivity index (χ2v) is 10.7. The number of rotatable bonds is 9. The highest BCUT2D eigenvalue weighted by atomic mass is 19.1. The summed E-state index contributed by atoms with van der Waals surface area (Å²) in [5.74, 6) is -1.90. The quantitative estimate of drug-likeness (QED) is 0.249. The predicted octanol–water partition coefficient (Wildman–Crippen LogP) is 5.99. The lowest BCUT2D eigenvalue weighted by atomic mass is 9.94. The first-order valence-electron chi connectivity index (χ1n) is 14.6. The minimum Gasteiger partial charge on any atom is -0.367 e. The van der Waals surface area contributed by atoms with Gasteiger partial charge in [0.15, 0.2) is 0 Å². The van der Waals surface area contributed by atoms with Gasteiger partial charge in [0.2, 0.25) is 5.91 Å². The Labute approximate surface area is 255 Å². The van der Waals surface area contributed by atoms with Gasteiger partial charge >= 0.3 is 0 Å². The first-order chi connectivity index (χ1) is 21.3. The summed E-state index contributed by atoms with van der Waals surface area (Å²) in [4.78, 5) is 43.7. The van der Waals surface area contributed by atoms with E-state index < -0.39 is 11.7 Å². The van der Waals surface area contributed by atoms with E-state index in [2.05, 4.69) is 15.5 Å². The Morgan fingerprint density at radius 2 is 1.50 bits per heavy atom. The molecule has 1 unspecified atom stereocenters. The molecule has 9 heteroatoms. The minimum absolute atomic E-state index is 0.0889. The Balaban J connectivity index is 1.34. The number of hydrogen-bond donors (Lipinski definition) is 2. The molecule has 1 aliphatic heterocycles. The predicted molar refractivity (Wildman–Crippen MR) is 167 cm³/mol. The SMILES string of the molecule is CCC(C(=O)N1CCN(c2ccc(NC(=O)c3cccc(F)c3)cc2C(=O)NCc2ccc(F)cc2)CC1)c1ccccc1. The van der Waals surface area contributed by atoms with Crippen molar-refractivity contribution in [2.75, 3.05) is 36.4 Å². The van der Waals surface area contributed by atoms with Crippen LogP contribution in [0.1, 0.15) is 51.1 Å². The maximum absolute atomic E-state index is 13.7. The number of nitrogens with one attached hydrogen (secondary N) is 2. The molecule has 0 aromatic heterocycles. The minimum atomic E-state index is -0.527. The van der Waals surface area contributed by atoms with E-state index in [0.717, 1.165) is 17.2 Å². The van der Waals surface area contributed by atoms with Crippen molar-refractivity contribution in [3.63, 3.8) is 0 Å². The first-order valence-corrected chi connectivity index (χ1v) is 14.6. The fourth-order valence-electron chi connectivity index (χ4n) is 5.41. The zero-order chi connectivity index (χ0) is 31.1. The number of amides is 3. The van der Waals surface area contributed by atoms with Gasteiger partial charge in [0.1, 0.15) is 11.6 Å². The molecule has 44 heavy (non-hydrogen) atoms. The van der Waals surface area contributed by atoms with Crippen LogP contribution >= 0.6 is 0 Å². The zero-order valence-electron chi connectivity index (χ0n) is 24.4. The highest BCUT2D eigenvalue weighted by Gasteiger charge is 2.29. The van der Waals surface area contributed by atoms with E-state index in [4.69, 9.17) is 0 Å². The van der Waals surface area contributed by atoms with Gasteiger partial charge in [-0.1, -0.05) is 55.5 Å². The summed E-state index contributed by atoms with van der Waals surface area (Å²) in [7, 11) is 0. The van der Waals surface area contributed by atoms with E-state index in [-0.39, 0.29) is 35.7 Å². The fourth-order valence-corrected chi connectivity index (χ4v) is 5.41. The second-order valence-electron chi connectivity index (χ2n) is 10.7. The van der Waals surface area contributed by atoms with Crippen LogP contribution < -0.4 is 15.5 Å². The molecule has 1 aliphatic rings. The van der Waals surface area contributed by atoms with E-state index in [1.165, 1.54) is 30.3 Å². The number of halogens is 2. The summed E-state index contributed by atoms with van der Waals surface area (Å²) >= 11 is 0. The van der Waals surface area contributed by atoms with Crippen molar-refractivity contribution in [1.82, 2.24) is 10.2 Å². The van der Waals surface area contributed by atoms with Crippen LogP contribution in [0.15, 0.2) is 97.1 Å². The van der Waals surface area contributed by atoms with Gasteiger partial charge in [-0.2, -0.15) is 0 Å². The zero-order valence-corrected chi connectivity index (χ0v) is 24.4. The largest absolute Gasteiger partial charge is 0.367 e. The van der Waals surface area contributed by atoms with Crippen molar-refractivity contribution in [2.45, 2.75) is 25.8 Å². The van der Waals surface area contributed by atoms with Gasteiger partial charge in [0.25, 0.3) is 11.8 Å². The number of carbonyl (C=O) groups is 3. The van der Waals surface area contributed by atoms with Crippen LogP contribution in [0.2, 0.25) is 0 Å². The third kappa shape index (κ3) is 7.29. The Kier molecular flexibility index (Phi) is 9.64. The third-order valence-electron chi connectivity index (χ3n) is 7.79. The molecule has 1 fully saturated rings. The van der Waals surface area contributed by atoms with Gasteiger partial charge in [-0.25, -0.2) is 8.78 Å². The Hall–Kier alpha value is -5.05. The summed E-state index contributed by atoms with van der Waals surface area (Å²) in [6.45, 7) is 4.22. The molecule has 0 saturated carbocycles. The van der Waals surface area contributed by atoms with Crippen LogP contribution in [-0.4, -0.2) is 48.8 Å². The lowest BCUT2D eigenvalue weighted by Crippen LogP contribution is -2.50. The number of anilines is 2. The normalized spacial score (nSPS) is 13.7. The second kappa shape index (κ2) is 13.9. The molecule has 0 aliphatic carbocycles. The monoisotopic (exact) mass is 596 g/mol. The first kappa shape index (κ1) is 30.4. The molecule has 4 aromatic rings. The molecule has 4 aromatic carbocycles. The Morgan fingerprint density at radius 3 is 2.18 bits per heavy atom. The molecule has 226 valence electrons. The number of nitrogens with zero attached hydrogens (tertiary/aromatic N) is 2. The van der Waals surface area contributed by atoms with Crippen molar-refractivity contribution in [1.29, 1.82) is 0 Å². The smallest absolute Gasteiger partial charge is 0.255 e. The Morgan fingerprint density at radius 1 is 0.773 bits per heavy atom. The standard InChI is InChI=1S/C35H34F2N4O3/c1-2-30(25-7-4-3-5-8-25)35(44)41-19-17-40(18-20-41)32-16-15-29(39-33(42)26-9-6-10-28(37)21-26)22-31(32)34(43)38-23-24-11-13-27(36)14-12-24/h3-16,21-22,30H,2,17-20,23H2,1H3,(H,38,43)(H,39,42). The number of hydrogen-bond acceptors (Lipinski definition) is 4. The van der Waals surface area contributed by atoms with E-state index in [1.54, 1.807) is 30.3 Å². The number of benzene rings is 4. The molecular formula is C35H34F2N4O3. The topological polar surface area (TPSA) is 81.8 Å². The van der Waals surface area contributed by atoms with Crippen LogP contribution in [0.5, 0.6) is 0 Å². The summed E-state index contributed by atoms with van der Waals surface area (Å²) in [5, 5.41) is 5.64. The van der Waals surface area contributed by atoms with Crippen molar-refractivity contribution in [3.8, 4) is 0 Å². The molecule has 1 saturated heterocycles. The van der Waals surface area contributed by atoms with E-state index >= 15 is 0 Å². The molecule has 7 nitrogen and oxygen atoms in total. The Bertz CT molecular complexity index is 1620. The number of piperazine rings is 1. The van der Waals surface area contributed by atoms with E-state index in [1.807, 2.05) is 42.2 Å². The number of carbonyl (C=O) groups excluding carboxylic acids is 3. The molecule has 2 N–H and O–H groups in total. The molecule has 0 radical (unpaired) electrons. The van der Waals surface area contributed by atoms with Crippen LogP contribution in [0, 0.1) is 11.6 Å². The van der Waals surface area contributed by atoms with Gasteiger partial charge < -0.3 is 20.4 Å². The maximum Gasteiger partial charge on any atom is 0.255 e. The molecule has 1 atom stereocenters. The van der Waals surface area contributed by atoms with Crippen LogP contribution in [0.25, 0.3) is 0 Å². The third-order valence-corrected chi connectivity index (χ3v) is 7.79. The molecule has 0 bridgehead atoms. The van der Waals surface area contributed by atoms with Crippen molar-refractivity contribution in [2.24, 2.45) is 0 Å². The van der Waals surface area contributed by atoms with Gasteiger partial charge in [-0.3, -0.25) is 14.4 Å². The maximum atomic E-state index is 13.7. The summed E-state index contributed by atoms with van der Waals surface area (Å²) in [5.41, 5.74) is 3.24. The summed E-state index contributed by atoms with van der Waals surface area (Å²) < 4.78 is 27.0. The average Bonchev–Trinajstić information content (AvgIpc) is 3.05. The average molecular weight is 597 g/mol. The van der Waals surface area contributed by atoms with Crippen LogP contribution in [0.4, 0.5) is 20.2 Å². The van der Waals surface area contributed by atoms with E-state index in [9.17, 15) is 23.2 Å². The highest BCUT2D eigenvalue weighted by Crippen LogP contribution is 2.28. The van der Waals surface area contributed by atoms with E-state index in [0.29, 0.717) is 49.5 Å². The van der Waals surface area contributed by atoms with Crippen molar-refractivity contribution in [3.05, 3.63) is 131 Å². The molecule has 0 spiro atoms. The summed E-state index contributed by atoms with van der Waals surface area (Å²) in [6.07, 6.45) is 0.699. The van der Waals surface area contributed by atoms with Crippen molar-refractivity contribution < 1.29 is 23.2 Å². The molecule has 3 amide bonds. The van der Waals surface area contributed by atoms with Gasteiger partial charge in [0, 0.05) is 49.7 Å². The van der Waals surface area contributed by atoms with Gasteiger partial charge in [-0.15, -0.1) is 0 Å². The van der Waals surface area contributed by atoms with Crippen LogP contribution in [0.3, 0.4) is 0 Å². The lowest BCUT2D eigenvalue weighted by Gasteiger charge is -2.38. The van der Waals surface area contributed by atoms with Crippen molar-refractivity contribution >= 4 is 29.1 Å².